The minimum atomic E-state index is -0.0939. The molecule has 0 saturated heterocycles. The fourth-order valence-electron chi connectivity index (χ4n) is 3.69. The summed E-state index contributed by atoms with van der Waals surface area (Å²) in [6, 6.07) is 13.6. The van der Waals surface area contributed by atoms with Crippen molar-refractivity contribution in [3.05, 3.63) is 76.2 Å². The number of aromatic nitrogens is 4. The topological polar surface area (TPSA) is 98.8 Å². The fourth-order valence-corrected chi connectivity index (χ4v) is 3.69. The highest BCUT2D eigenvalue weighted by Crippen LogP contribution is 2.32. The van der Waals surface area contributed by atoms with Crippen molar-refractivity contribution in [1.29, 1.82) is 0 Å². The van der Waals surface area contributed by atoms with Crippen molar-refractivity contribution in [3.8, 4) is 11.8 Å². The molecule has 1 saturated carbocycles. The molecule has 7 heteroatoms. The molecule has 0 aliphatic heterocycles. The Hall–Kier alpha value is -3.61. The number of aromatic amines is 1. The molecule has 0 amide bonds. The average Bonchev–Trinajstić information content (AvgIpc) is 3.37. The summed E-state index contributed by atoms with van der Waals surface area (Å²) < 4.78 is 1.86. The lowest BCUT2D eigenvalue weighted by molar-refractivity contribution is 0.425. The van der Waals surface area contributed by atoms with Crippen LogP contribution in [-0.2, 0) is 6.42 Å². The van der Waals surface area contributed by atoms with E-state index < -0.39 is 0 Å². The smallest absolute Gasteiger partial charge is 0.198 e. The highest BCUT2D eigenvalue weighted by atomic mass is 16.3. The van der Waals surface area contributed by atoms with Gasteiger partial charge in [-0.2, -0.15) is 5.10 Å². The SMILES string of the molecule is CC(N=c1cc(CC2CC2)n2ncc(=Cc3cc(O)[nH]c3O)c2n1)c1ccccc1. The minimum absolute atomic E-state index is 0.0176. The van der Waals surface area contributed by atoms with Gasteiger partial charge in [-0.15, -0.1) is 0 Å². The van der Waals surface area contributed by atoms with E-state index in [0.717, 1.165) is 22.9 Å². The molecule has 1 fully saturated rings. The zero-order valence-electron chi connectivity index (χ0n) is 16.7. The Morgan fingerprint density at radius 3 is 2.73 bits per heavy atom. The summed E-state index contributed by atoms with van der Waals surface area (Å²) in [5.41, 5.74) is 4.06. The van der Waals surface area contributed by atoms with Crippen molar-refractivity contribution in [2.75, 3.05) is 0 Å². The van der Waals surface area contributed by atoms with Gasteiger partial charge in [0.1, 0.15) is 0 Å². The summed E-state index contributed by atoms with van der Waals surface area (Å²) in [4.78, 5) is 12.1. The number of nitrogens with one attached hydrogen (secondary N) is 1. The largest absolute Gasteiger partial charge is 0.494 e. The lowest BCUT2D eigenvalue weighted by atomic mass is 10.1. The minimum Gasteiger partial charge on any atom is -0.494 e. The van der Waals surface area contributed by atoms with Crippen LogP contribution in [0.15, 0.2) is 53.7 Å². The highest BCUT2D eigenvalue weighted by molar-refractivity contribution is 5.61. The van der Waals surface area contributed by atoms with Crippen LogP contribution >= 0.6 is 0 Å². The standard InChI is InChI=1S/C23H23N5O2/c1-14(16-5-3-2-4-6-16)25-20-12-19(9-15-7-8-15)28-22(26-20)18(13-24-28)10-17-11-21(29)27-23(17)30/h2-6,10-15,27,29-30H,7-9H2,1H3. The Morgan fingerprint density at radius 1 is 1.23 bits per heavy atom. The number of aromatic hydroxyl groups is 2. The molecule has 30 heavy (non-hydrogen) atoms. The number of fused-ring (bicyclic) bond motifs is 1. The van der Waals surface area contributed by atoms with Crippen LogP contribution in [0.1, 0.15) is 42.6 Å². The molecule has 1 unspecified atom stereocenters. The van der Waals surface area contributed by atoms with Crippen molar-refractivity contribution < 1.29 is 10.2 Å². The first-order chi connectivity index (χ1) is 14.6. The van der Waals surface area contributed by atoms with Gasteiger partial charge in [0.05, 0.1) is 12.2 Å². The van der Waals surface area contributed by atoms with E-state index >= 15 is 0 Å². The molecule has 1 aliphatic carbocycles. The molecule has 4 aromatic rings. The second-order valence-electron chi connectivity index (χ2n) is 7.91. The number of rotatable bonds is 5. The van der Waals surface area contributed by atoms with Gasteiger partial charge in [0, 0.05) is 28.6 Å². The summed E-state index contributed by atoms with van der Waals surface area (Å²) in [6.45, 7) is 2.06. The first-order valence-corrected chi connectivity index (χ1v) is 10.2. The monoisotopic (exact) mass is 401 g/mol. The van der Waals surface area contributed by atoms with E-state index in [2.05, 4.69) is 29.1 Å². The number of hydrogen-bond acceptors (Lipinski definition) is 5. The van der Waals surface area contributed by atoms with Gasteiger partial charge in [-0.25, -0.2) is 9.50 Å². The van der Waals surface area contributed by atoms with Gasteiger partial charge in [0.2, 0.25) is 0 Å². The lowest BCUT2D eigenvalue weighted by Crippen LogP contribution is -2.18. The maximum Gasteiger partial charge on any atom is 0.198 e. The van der Waals surface area contributed by atoms with Crippen LogP contribution in [0.3, 0.4) is 0 Å². The van der Waals surface area contributed by atoms with E-state index in [9.17, 15) is 10.2 Å². The molecule has 0 radical (unpaired) electrons. The van der Waals surface area contributed by atoms with Crippen LogP contribution in [0.4, 0.5) is 0 Å². The number of hydrogen-bond donors (Lipinski definition) is 3. The normalized spacial score (nSPS) is 16.4. The fraction of sp³-hybridized carbons (Fsp3) is 0.261. The van der Waals surface area contributed by atoms with E-state index in [0.29, 0.717) is 22.6 Å². The average molecular weight is 401 g/mol. The third kappa shape index (κ3) is 3.66. The zero-order chi connectivity index (χ0) is 20.7. The van der Waals surface area contributed by atoms with E-state index in [1.54, 1.807) is 12.3 Å². The number of benzene rings is 1. The van der Waals surface area contributed by atoms with Gasteiger partial charge in [-0.1, -0.05) is 30.3 Å². The third-order valence-electron chi connectivity index (χ3n) is 5.49. The zero-order valence-corrected chi connectivity index (χ0v) is 16.7. The van der Waals surface area contributed by atoms with Crippen molar-refractivity contribution >= 4 is 11.7 Å². The summed E-state index contributed by atoms with van der Waals surface area (Å²) >= 11 is 0. The molecule has 5 rings (SSSR count). The maximum atomic E-state index is 9.97. The van der Waals surface area contributed by atoms with E-state index in [1.807, 2.05) is 28.8 Å². The molecule has 3 heterocycles. The molecule has 3 N–H and O–H groups in total. The van der Waals surface area contributed by atoms with Gasteiger partial charge in [-0.05, 0) is 43.7 Å². The quantitative estimate of drug-likeness (QED) is 0.479. The van der Waals surface area contributed by atoms with E-state index in [-0.39, 0.29) is 17.8 Å². The first-order valence-electron chi connectivity index (χ1n) is 10.2. The summed E-state index contributed by atoms with van der Waals surface area (Å²) in [5.74, 6) is 0.505. The molecule has 3 aromatic heterocycles. The lowest BCUT2D eigenvalue weighted by Gasteiger charge is -2.07. The molecule has 1 atom stereocenters. The maximum absolute atomic E-state index is 9.97. The van der Waals surface area contributed by atoms with Gasteiger partial charge in [-0.3, -0.25) is 9.98 Å². The van der Waals surface area contributed by atoms with Gasteiger partial charge in [0.15, 0.2) is 22.9 Å². The van der Waals surface area contributed by atoms with Crippen molar-refractivity contribution in [2.24, 2.45) is 10.9 Å². The molecular formula is C23H23N5O2. The van der Waals surface area contributed by atoms with Crippen molar-refractivity contribution in [2.45, 2.75) is 32.2 Å². The number of H-pyrrole nitrogens is 1. The van der Waals surface area contributed by atoms with Crippen LogP contribution in [0, 0.1) is 5.92 Å². The van der Waals surface area contributed by atoms with Crippen LogP contribution in [0.25, 0.3) is 11.7 Å². The summed E-state index contributed by atoms with van der Waals surface area (Å²) in [5, 5.41) is 24.9. The van der Waals surface area contributed by atoms with Gasteiger partial charge < -0.3 is 10.2 Å². The van der Waals surface area contributed by atoms with E-state index in [1.165, 1.54) is 18.9 Å². The highest BCUT2D eigenvalue weighted by Gasteiger charge is 2.23. The van der Waals surface area contributed by atoms with Gasteiger partial charge in [0.25, 0.3) is 0 Å². The first kappa shape index (κ1) is 18.4. The molecule has 0 spiro atoms. The molecule has 0 bridgehead atoms. The van der Waals surface area contributed by atoms with Crippen molar-refractivity contribution in [3.63, 3.8) is 0 Å². The van der Waals surface area contributed by atoms with Gasteiger partial charge >= 0.3 is 0 Å². The second kappa shape index (κ2) is 7.33. The molecule has 152 valence electrons. The molecular weight excluding hydrogens is 378 g/mol. The summed E-state index contributed by atoms with van der Waals surface area (Å²) in [7, 11) is 0. The van der Waals surface area contributed by atoms with Crippen LogP contribution in [0.2, 0.25) is 0 Å². The van der Waals surface area contributed by atoms with Crippen LogP contribution < -0.4 is 10.7 Å². The Balaban J connectivity index is 1.66. The molecule has 1 aromatic carbocycles. The van der Waals surface area contributed by atoms with Crippen molar-refractivity contribution in [1.82, 2.24) is 19.6 Å². The Bertz CT molecular complexity index is 1320. The van der Waals surface area contributed by atoms with Crippen LogP contribution in [0.5, 0.6) is 11.8 Å². The third-order valence-corrected chi connectivity index (χ3v) is 5.49. The Kier molecular flexibility index (Phi) is 4.50. The second-order valence-corrected chi connectivity index (χ2v) is 7.91. The summed E-state index contributed by atoms with van der Waals surface area (Å²) in [6.07, 6.45) is 6.91. The molecule has 7 nitrogen and oxygen atoms in total. The Labute approximate surface area is 173 Å². The number of nitrogens with zero attached hydrogens (tertiary/aromatic N) is 4. The van der Waals surface area contributed by atoms with E-state index in [4.69, 9.17) is 9.98 Å². The predicted molar refractivity (Wildman–Crippen MR) is 113 cm³/mol. The predicted octanol–water partition coefficient (Wildman–Crippen LogP) is 2.63. The van der Waals surface area contributed by atoms with Crippen LogP contribution in [-0.4, -0.2) is 29.8 Å². The Morgan fingerprint density at radius 2 is 2.03 bits per heavy atom. The molecule has 1 aliphatic rings.